The van der Waals surface area contributed by atoms with Crippen molar-refractivity contribution in [2.75, 3.05) is 19.7 Å². The lowest BCUT2D eigenvalue weighted by Gasteiger charge is -2.34. The van der Waals surface area contributed by atoms with Crippen LogP contribution in [0.1, 0.15) is 24.0 Å². The van der Waals surface area contributed by atoms with Gasteiger partial charge in [0.2, 0.25) is 11.5 Å². The molecular formula is C13H17F3N2O3S. The normalized spacial score (nSPS) is 22.5. The first-order valence-electron chi connectivity index (χ1n) is 6.74. The van der Waals surface area contributed by atoms with Gasteiger partial charge in [0, 0.05) is 24.2 Å². The van der Waals surface area contributed by atoms with Crippen LogP contribution in [0.3, 0.4) is 0 Å². The van der Waals surface area contributed by atoms with E-state index in [9.17, 15) is 23.1 Å². The van der Waals surface area contributed by atoms with Crippen LogP contribution in [0.2, 0.25) is 0 Å². The smallest absolute Gasteiger partial charge is 0.375 e. The Hall–Kier alpha value is -1.19. The highest BCUT2D eigenvalue weighted by Gasteiger charge is 2.58. The van der Waals surface area contributed by atoms with Gasteiger partial charge in [-0.15, -0.1) is 11.3 Å². The summed E-state index contributed by atoms with van der Waals surface area (Å²) in [5.74, 6) is -0.761. The van der Waals surface area contributed by atoms with Crippen LogP contribution in [0, 0.1) is 6.92 Å². The van der Waals surface area contributed by atoms with Gasteiger partial charge in [-0.05, 0) is 13.8 Å². The molecule has 1 aromatic heterocycles. The van der Waals surface area contributed by atoms with E-state index in [0.717, 1.165) is 0 Å². The predicted octanol–water partition coefficient (Wildman–Crippen LogP) is 1.84. The van der Waals surface area contributed by atoms with Crippen molar-refractivity contribution in [3.05, 3.63) is 16.1 Å². The minimum atomic E-state index is -4.98. The molecule has 2 rings (SSSR count). The Morgan fingerprint density at radius 3 is 2.77 bits per heavy atom. The van der Waals surface area contributed by atoms with Crippen molar-refractivity contribution in [2.45, 2.75) is 38.1 Å². The van der Waals surface area contributed by atoms with E-state index in [2.05, 4.69) is 4.98 Å². The van der Waals surface area contributed by atoms with Crippen LogP contribution in [0.5, 0.6) is 0 Å². The molecule has 0 radical (unpaired) electrons. The molecule has 0 spiro atoms. The zero-order valence-corrected chi connectivity index (χ0v) is 13.0. The van der Waals surface area contributed by atoms with Crippen molar-refractivity contribution >= 4 is 17.2 Å². The minimum Gasteiger partial charge on any atom is -0.375 e. The fourth-order valence-corrected chi connectivity index (χ4v) is 3.13. The average Bonchev–Trinajstić information content (AvgIpc) is 2.84. The third-order valence-corrected chi connectivity index (χ3v) is 4.55. The van der Waals surface area contributed by atoms with E-state index in [1.807, 2.05) is 0 Å². The van der Waals surface area contributed by atoms with Gasteiger partial charge in [-0.25, -0.2) is 4.98 Å². The molecule has 2 heterocycles. The number of nitrogens with zero attached hydrogens (tertiary/aromatic N) is 2. The number of alkyl halides is 3. The van der Waals surface area contributed by atoms with Crippen molar-refractivity contribution in [1.82, 2.24) is 9.88 Å². The number of ether oxygens (including phenoxy) is 1. The molecule has 22 heavy (non-hydrogen) atoms. The molecule has 0 aliphatic carbocycles. The van der Waals surface area contributed by atoms with E-state index in [0.29, 0.717) is 17.0 Å². The Kier molecular flexibility index (Phi) is 4.78. The monoisotopic (exact) mass is 338 g/mol. The molecule has 0 bridgehead atoms. The summed E-state index contributed by atoms with van der Waals surface area (Å²) in [5.41, 5.74) is -2.89. The summed E-state index contributed by atoms with van der Waals surface area (Å²) in [6.45, 7) is 3.97. The molecule has 1 saturated heterocycles. The van der Waals surface area contributed by atoms with Gasteiger partial charge in [0.15, 0.2) is 0 Å². The second-order valence-electron chi connectivity index (χ2n) is 5.35. The lowest BCUT2D eigenvalue weighted by Crippen LogP contribution is -2.50. The zero-order valence-electron chi connectivity index (χ0n) is 12.2. The van der Waals surface area contributed by atoms with Gasteiger partial charge in [0.25, 0.3) is 0 Å². The average molecular weight is 338 g/mol. The maximum atomic E-state index is 13.3. The Morgan fingerprint density at radius 2 is 2.27 bits per heavy atom. The van der Waals surface area contributed by atoms with Crippen molar-refractivity contribution in [1.29, 1.82) is 0 Å². The van der Waals surface area contributed by atoms with Crippen molar-refractivity contribution in [3.8, 4) is 0 Å². The van der Waals surface area contributed by atoms with Gasteiger partial charge in [-0.3, -0.25) is 4.79 Å². The number of halogens is 3. The van der Waals surface area contributed by atoms with Crippen LogP contribution in [-0.4, -0.2) is 52.9 Å². The maximum Gasteiger partial charge on any atom is 0.424 e. The van der Waals surface area contributed by atoms with Crippen molar-refractivity contribution < 1.29 is 27.8 Å². The van der Waals surface area contributed by atoms with Gasteiger partial charge >= 0.3 is 6.18 Å². The Bertz CT molecular complexity index is 549. The summed E-state index contributed by atoms with van der Waals surface area (Å²) in [6.07, 6.45) is -6.29. The van der Waals surface area contributed by atoms with E-state index >= 15 is 0 Å². The Balaban J connectivity index is 2.22. The van der Waals surface area contributed by atoms with Gasteiger partial charge in [-0.2, -0.15) is 13.2 Å². The first-order valence-corrected chi connectivity index (χ1v) is 7.62. The van der Waals surface area contributed by atoms with Gasteiger partial charge < -0.3 is 14.7 Å². The van der Waals surface area contributed by atoms with E-state index in [4.69, 9.17) is 4.74 Å². The number of carbonyl (C=O) groups is 1. The number of hydrogen-bond donors (Lipinski definition) is 1. The maximum absolute atomic E-state index is 13.3. The summed E-state index contributed by atoms with van der Waals surface area (Å²) < 4.78 is 45.2. The van der Waals surface area contributed by atoms with Crippen molar-refractivity contribution in [2.24, 2.45) is 0 Å². The van der Waals surface area contributed by atoms with E-state index < -0.39 is 29.1 Å². The van der Waals surface area contributed by atoms with Gasteiger partial charge in [0.05, 0.1) is 19.1 Å². The second kappa shape index (κ2) is 6.13. The summed E-state index contributed by atoms with van der Waals surface area (Å²) in [6, 6.07) is 0. The summed E-state index contributed by atoms with van der Waals surface area (Å²) >= 11 is 0.696. The van der Waals surface area contributed by atoms with Crippen LogP contribution in [-0.2, 0) is 15.1 Å². The fraction of sp³-hybridized carbons (Fsp3) is 0.692. The third-order valence-electron chi connectivity index (χ3n) is 3.44. The fourth-order valence-electron chi connectivity index (χ4n) is 2.22. The van der Waals surface area contributed by atoms with Crippen LogP contribution in [0.4, 0.5) is 13.2 Å². The SMILES string of the molecule is Cc1csc(C(O)(CC(=O)N2CCOC(C)C2)C(F)(F)F)n1. The number of aryl methyl sites for hydroxylation is 1. The van der Waals surface area contributed by atoms with Crippen molar-refractivity contribution in [3.63, 3.8) is 0 Å². The molecule has 1 aromatic rings. The van der Waals surface area contributed by atoms with Crippen LogP contribution in [0.25, 0.3) is 0 Å². The number of morpholine rings is 1. The van der Waals surface area contributed by atoms with Crippen LogP contribution >= 0.6 is 11.3 Å². The summed E-state index contributed by atoms with van der Waals surface area (Å²) in [4.78, 5) is 17.2. The minimum absolute atomic E-state index is 0.212. The molecule has 1 amide bonds. The molecule has 2 atom stereocenters. The van der Waals surface area contributed by atoms with Crippen LogP contribution in [0.15, 0.2) is 5.38 Å². The number of aliphatic hydroxyl groups is 1. The molecule has 1 N–H and O–H groups in total. The van der Waals surface area contributed by atoms with Crippen LogP contribution < -0.4 is 0 Å². The first-order chi connectivity index (χ1) is 10.1. The molecule has 0 aromatic carbocycles. The Morgan fingerprint density at radius 1 is 1.59 bits per heavy atom. The predicted molar refractivity (Wildman–Crippen MR) is 73.4 cm³/mol. The molecule has 124 valence electrons. The molecular weight excluding hydrogens is 321 g/mol. The number of aromatic nitrogens is 1. The highest BCUT2D eigenvalue weighted by atomic mass is 32.1. The number of hydrogen-bond acceptors (Lipinski definition) is 5. The highest BCUT2D eigenvalue weighted by Crippen LogP contribution is 2.43. The largest absolute Gasteiger partial charge is 0.424 e. The van der Waals surface area contributed by atoms with E-state index in [1.165, 1.54) is 17.2 Å². The van der Waals surface area contributed by atoms with Gasteiger partial charge in [0.1, 0.15) is 5.01 Å². The summed E-state index contributed by atoms with van der Waals surface area (Å²) in [5, 5.41) is 11.0. The number of rotatable bonds is 3. The zero-order chi connectivity index (χ0) is 16.5. The van der Waals surface area contributed by atoms with Gasteiger partial charge in [-0.1, -0.05) is 0 Å². The third kappa shape index (κ3) is 3.41. The molecule has 9 heteroatoms. The molecule has 5 nitrogen and oxygen atoms in total. The number of thiazole rings is 1. The summed E-state index contributed by atoms with van der Waals surface area (Å²) in [7, 11) is 0. The molecule has 1 aliphatic heterocycles. The number of carbonyl (C=O) groups excluding carboxylic acids is 1. The number of amides is 1. The standard InChI is InChI=1S/C13H17F3N2O3S/c1-8-7-22-11(17-8)12(20,13(14,15)16)5-10(19)18-3-4-21-9(2)6-18/h7,9,20H,3-6H2,1-2H3. The second-order valence-corrected chi connectivity index (χ2v) is 6.21. The van der Waals surface area contributed by atoms with E-state index in [-0.39, 0.29) is 25.8 Å². The topological polar surface area (TPSA) is 62.7 Å². The highest BCUT2D eigenvalue weighted by molar-refractivity contribution is 7.09. The molecule has 0 saturated carbocycles. The first kappa shape index (κ1) is 17.2. The quantitative estimate of drug-likeness (QED) is 0.913. The lowest BCUT2D eigenvalue weighted by atomic mass is 9.98. The molecule has 2 unspecified atom stereocenters. The lowest BCUT2D eigenvalue weighted by molar-refractivity contribution is -0.268. The Labute approximate surface area is 129 Å². The molecule has 1 fully saturated rings. The van der Waals surface area contributed by atoms with E-state index in [1.54, 1.807) is 6.92 Å². The molecule has 1 aliphatic rings.